The first-order chi connectivity index (χ1) is 9.36. The molecule has 0 aromatic heterocycles. The fourth-order valence-corrected chi connectivity index (χ4v) is 1.63. The van der Waals surface area contributed by atoms with Crippen molar-refractivity contribution in [2.45, 2.75) is 13.8 Å². The van der Waals surface area contributed by atoms with E-state index in [2.05, 4.69) is 5.32 Å². The zero-order chi connectivity index (χ0) is 15.3. The van der Waals surface area contributed by atoms with Gasteiger partial charge in [0.05, 0.1) is 10.5 Å². The molecule has 1 rings (SSSR count). The number of hydrogen-bond donors (Lipinski definition) is 1. The van der Waals surface area contributed by atoms with Gasteiger partial charge in [0.2, 0.25) is 0 Å². The summed E-state index contributed by atoms with van der Waals surface area (Å²) in [6.45, 7) is 5.18. The number of nitro groups is 1. The molecule has 0 saturated heterocycles. The summed E-state index contributed by atoms with van der Waals surface area (Å²) >= 11 is 0. The van der Waals surface area contributed by atoms with Crippen LogP contribution in [0.3, 0.4) is 0 Å². The number of halogens is 1. The van der Waals surface area contributed by atoms with E-state index < -0.39 is 16.6 Å². The molecule has 6 nitrogen and oxygen atoms in total. The summed E-state index contributed by atoms with van der Waals surface area (Å²) in [5, 5.41) is 13.3. The predicted octanol–water partition coefficient (Wildman–Crippen LogP) is 1.72. The van der Waals surface area contributed by atoms with Crippen LogP contribution in [0.2, 0.25) is 0 Å². The number of carbonyl (C=O) groups is 1. The first kappa shape index (κ1) is 16.0. The molecule has 0 saturated carbocycles. The molecule has 1 aromatic carbocycles. The Morgan fingerprint density at radius 2 is 2.15 bits per heavy atom. The van der Waals surface area contributed by atoms with Crippen molar-refractivity contribution in [2.24, 2.45) is 0 Å². The third-order valence-electron chi connectivity index (χ3n) is 3.01. The molecule has 0 aliphatic heterocycles. The number of nitrogens with zero attached hydrogens (tertiary/aromatic N) is 2. The Balaban J connectivity index is 2.84. The van der Waals surface area contributed by atoms with Gasteiger partial charge in [-0.05, 0) is 26.1 Å². The number of rotatable bonds is 6. The van der Waals surface area contributed by atoms with Gasteiger partial charge in [-0.3, -0.25) is 14.9 Å². The Kier molecular flexibility index (Phi) is 5.57. The number of likely N-dealkylation sites (N-methyl/N-ethyl adjacent to an activating group) is 1. The standard InChI is InChI=1S/C13H18FN3O3/c1-4-16(3)6-5-15-13(18)11-8-10(17(19)20)7-9(2)12(11)14/h7-8H,4-6H2,1-3H3,(H,15,18). The van der Waals surface area contributed by atoms with Gasteiger partial charge < -0.3 is 10.2 Å². The summed E-state index contributed by atoms with van der Waals surface area (Å²) in [6, 6.07) is 2.07. The largest absolute Gasteiger partial charge is 0.351 e. The van der Waals surface area contributed by atoms with E-state index in [1.54, 1.807) is 0 Å². The van der Waals surface area contributed by atoms with Gasteiger partial charge in [-0.2, -0.15) is 0 Å². The fraction of sp³-hybridized carbons (Fsp3) is 0.462. The molecule has 20 heavy (non-hydrogen) atoms. The van der Waals surface area contributed by atoms with Crippen LogP contribution in [0.15, 0.2) is 12.1 Å². The average Bonchev–Trinajstić information content (AvgIpc) is 2.40. The Morgan fingerprint density at radius 1 is 1.50 bits per heavy atom. The number of benzene rings is 1. The second-order valence-electron chi connectivity index (χ2n) is 4.53. The predicted molar refractivity (Wildman–Crippen MR) is 73.3 cm³/mol. The summed E-state index contributed by atoms with van der Waals surface area (Å²) in [6.07, 6.45) is 0. The van der Waals surface area contributed by atoms with E-state index in [4.69, 9.17) is 0 Å². The number of hydrogen-bond acceptors (Lipinski definition) is 4. The second kappa shape index (κ2) is 6.95. The molecule has 1 N–H and O–H groups in total. The van der Waals surface area contributed by atoms with Crippen LogP contribution in [0.4, 0.5) is 10.1 Å². The van der Waals surface area contributed by atoms with Gasteiger partial charge in [-0.1, -0.05) is 6.92 Å². The lowest BCUT2D eigenvalue weighted by Gasteiger charge is -2.14. The lowest BCUT2D eigenvalue weighted by Crippen LogP contribution is -2.33. The third kappa shape index (κ3) is 3.99. The average molecular weight is 283 g/mol. The van der Waals surface area contributed by atoms with E-state index in [1.165, 1.54) is 6.92 Å². The first-order valence-electron chi connectivity index (χ1n) is 6.28. The summed E-state index contributed by atoms with van der Waals surface area (Å²) in [7, 11) is 1.89. The van der Waals surface area contributed by atoms with Crippen LogP contribution in [-0.2, 0) is 0 Å². The molecule has 110 valence electrons. The van der Waals surface area contributed by atoms with Gasteiger partial charge >= 0.3 is 0 Å². The lowest BCUT2D eigenvalue weighted by atomic mass is 10.1. The van der Waals surface area contributed by atoms with E-state index in [9.17, 15) is 19.3 Å². The van der Waals surface area contributed by atoms with Crippen molar-refractivity contribution in [1.29, 1.82) is 0 Å². The first-order valence-corrected chi connectivity index (χ1v) is 6.28. The molecule has 1 aromatic rings. The summed E-state index contributed by atoms with van der Waals surface area (Å²) in [5.41, 5.74) is -0.509. The van der Waals surface area contributed by atoms with Gasteiger partial charge in [0, 0.05) is 25.2 Å². The summed E-state index contributed by atoms with van der Waals surface area (Å²) in [5.74, 6) is -1.37. The van der Waals surface area contributed by atoms with Crippen LogP contribution in [-0.4, -0.2) is 42.4 Å². The Bertz CT molecular complexity index is 520. The molecule has 0 aliphatic carbocycles. The van der Waals surface area contributed by atoms with Gasteiger partial charge in [0.25, 0.3) is 11.6 Å². The monoisotopic (exact) mass is 283 g/mol. The molecular formula is C13H18FN3O3. The number of aryl methyl sites for hydroxylation is 1. The minimum atomic E-state index is -0.725. The van der Waals surface area contributed by atoms with Crippen molar-refractivity contribution in [1.82, 2.24) is 10.2 Å². The number of nitro benzene ring substituents is 1. The molecule has 7 heteroatoms. The molecular weight excluding hydrogens is 265 g/mol. The lowest BCUT2D eigenvalue weighted by molar-refractivity contribution is -0.385. The van der Waals surface area contributed by atoms with Crippen LogP contribution in [0, 0.1) is 22.9 Å². The fourth-order valence-electron chi connectivity index (χ4n) is 1.63. The maximum Gasteiger partial charge on any atom is 0.270 e. The van der Waals surface area contributed by atoms with Crippen LogP contribution in [0.25, 0.3) is 0 Å². The van der Waals surface area contributed by atoms with Crippen molar-refractivity contribution >= 4 is 11.6 Å². The molecule has 0 atom stereocenters. The topological polar surface area (TPSA) is 75.5 Å². The zero-order valence-corrected chi connectivity index (χ0v) is 11.8. The van der Waals surface area contributed by atoms with E-state index in [-0.39, 0.29) is 16.8 Å². The Hall–Kier alpha value is -2.02. The van der Waals surface area contributed by atoms with Crippen molar-refractivity contribution in [3.8, 4) is 0 Å². The van der Waals surface area contributed by atoms with Crippen LogP contribution in [0.1, 0.15) is 22.8 Å². The SMILES string of the molecule is CCN(C)CCNC(=O)c1cc([N+](=O)[O-])cc(C)c1F. The maximum absolute atomic E-state index is 13.9. The van der Waals surface area contributed by atoms with Crippen molar-refractivity contribution in [3.63, 3.8) is 0 Å². The molecule has 1 amide bonds. The number of carbonyl (C=O) groups excluding carboxylic acids is 1. The molecule has 0 unspecified atom stereocenters. The quantitative estimate of drug-likeness (QED) is 0.637. The number of nitrogens with one attached hydrogen (secondary N) is 1. The van der Waals surface area contributed by atoms with E-state index in [1.807, 2.05) is 18.9 Å². The van der Waals surface area contributed by atoms with Crippen LogP contribution < -0.4 is 5.32 Å². The van der Waals surface area contributed by atoms with E-state index in [0.29, 0.717) is 13.1 Å². The molecule has 0 fully saturated rings. The summed E-state index contributed by atoms with van der Waals surface area (Å²) in [4.78, 5) is 23.9. The molecule has 0 bridgehead atoms. The highest BCUT2D eigenvalue weighted by Crippen LogP contribution is 2.20. The highest BCUT2D eigenvalue weighted by Gasteiger charge is 2.19. The van der Waals surface area contributed by atoms with E-state index in [0.717, 1.165) is 18.7 Å². The Morgan fingerprint density at radius 3 is 2.70 bits per heavy atom. The van der Waals surface area contributed by atoms with Crippen molar-refractivity contribution < 1.29 is 14.1 Å². The minimum absolute atomic E-state index is 0.0787. The molecule has 0 spiro atoms. The Labute approximate surface area is 116 Å². The van der Waals surface area contributed by atoms with Crippen molar-refractivity contribution in [2.75, 3.05) is 26.7 Å². The van der Waals surface area contributed by atoms with E-state index >= 15 is 0 Å². The highest BCUT2D eigenvalue weighted by atomic mass is 19.1. The zero-order valence-electron chi connectivity index (χ0n) is 11.8. The smallest absolute Gasteiger partial charge is 0.270 e. The normalized spacial score (nSPS) is 10.7. The molecule has 0 radical (unpaired) electrons. The minimum Gasteiger partial charge on any atom is -0.351 e. The van der Waals surface area contributed by atoms with Gasteiger partial charge in [-0.25, -0.2) is 4.39 Å². The maximum atomic E-state index is 13.9. The molecule has 0 aliphatic rings. The number of non-ortho nitro benzene ring substituents is 1. The van der Waals surface area contributed by atoms with Crippen LogP contribution in [0.5, 0.6) is 0 Å². The summed E-state index contributed by atoms with van der Waals surface area (Å²) < 4.78 is 13.9. The highest BCUT2D eigenvalue weighted by molar-refractivity contribution is 5.95. The number of amides is 1. The van der Waals surface area contributed by atoms with Crippen LogP contribution >= 0.6 is 0 Å². The molecule has 0 heterocycles. The van der Waals surface area contributed by atoms with Gasteiger partial charge in [0.15, 0.2) is 0 Å². The van der Waals surface area contributed by atoms with Gasteiger partial charge in [-0.15, -0.1) is 0 Å². The van der Waals surface area contributed by atoms with Crippen molar-refractivity contribution in [3.05, 3.63) is 39.2 Å². The second-order valence-corrected chi connectivity index (χ2v) is 4.53. The third-order valence-corrected chi connectivity index (χ3v) is 3.01. The van der Waals surface area contributed by atoms with Gasteiger partial charge in [0.1, 0.15) is 5.82 Å².